The Labute approximate surface area is 56.3 Å². The van der Waals surface area contributed by atoms with Crippen LogP contribution in [0, 0.1) is 0 Å². The normalized spacial score (nSPS) is 9.75. The molecule has 0 amide bonds. The molecule has 3 nitrogen and oxygen atoms in total. The van der Waals surface area contributed by atoms with Crippen molar-refractivity contribution in [3.63, 3.8) is 0 Å². The molecule has 0 aliphatic heterocycles. The first-order valence-corrected chi connectivity index (χ1v) is 3.87. The lowest BCUT2D eigenvalue weighted by Crippen LogP contribution is -1.84. The molecule has 0 bridgehead atoms. The van der Waals surface area contributed by atoms with Gasteiger partial charge >= 0.3 is 0 Å². The smallest absolute Gasteiger partial charge is 0.201 e. The highest BCUT2D eigenvalue weighted by atomic mass is 33.1. The van der Waals surface area contributed by atoms with Gasteiger partial charge in [0.2, 0.25) is 5.16 Å². The van der Waals surface area contributed by atoms with E-state index in [9.17, 15) is 0 Å². The maximum Gasteiger partial charge on any atom is 0.201 e. The van der Waals surface area contributed by atoms with Crippen LogP contribution in [0.3, 0.4) is 0 Å². The summed E-state index contributed by atoms with van der Waals surface area (Å²) in [6, 6.07) is 0. The number of aromatic nitrogens is 3. The summed E-state index contributed by atoms with van der Waals surface area (Å²) in [7, 11) is 3.16. The Bertz CT molecular complexity index is 173. The van der Waals surface area contributed by atoms with E-state index < -0.39 is 0 Å². The van der Waals surface area contributed by atoms with Crippen molar-refractivity contribution in [3.05, 3.63) is 6.33 Å². The third-order valence-corrected chi connectivity index (χ3v) is 1.77. The minimum absolute atomic E-state index is 0.813. The molecule has 0 radical (unpaired) electrons. The highest BCUT2D eigenvalue weighted by molar-refractivity contribution is 8.68. The number of rotatable bonds is 1. The molecule has 0 saturated heterocycles. The van der Waals surface area contributed by atoms with Gasteiger partial charge in [0.05, 0.1) is 0 Å². The van der Waals surface area contributed by atoms with Crippen molar-refractivity contribution in [2.24, 2.45) is 7.05 Å². The van der Waals surface area contributed by atoms with Crippen LogP contribution in [-0.4, -0.2) is 14.8 Å². The van der Waals surface area contributed by atoms with Crippen LogP contribution in [0.2, 0.25) is 0 Å². The van der Waals surface area contributed by atoms with Gasteiger partial charge in [0.1, 0.15) is 6.33 Å². The molecule has 0 atom stereocenters. The Balaban J connectivity index is 2.92. The topological polar surface area (TPSA) is 30.7 Å². The summed E-state index contributed by atoms with van der Waals surface area (Å²) >= 11 is 3.94. The second-order valence-corrected chi connectivity index (χ2v) is 2.41. The largest absolute Gasteiger partial charge is 0.311 e. The minimum Gasteiger partial charge on any atom is -0.311 e. The molecule has 0 aliphatic carbocycles. The second-order valence-electron chi connectivity index (χ2n) is 1.32. The van der Waals surface area contributed by atoms with Crippen molar-refractivity contribution in [2.45, 2.75) is 5.16 Å². The summed E-state index contributed by atoms with van der Waals surface area (Å²) < 4.78 is 1.80. The standard InChI is InChI=1S/C3H5N3S2/c1-6-2-4-5-3(6)8-7/h2,7H,1H3. The van der Waals surface area contributed by atoms with Gasteiger partial charge < -0.3 is 4.57 Å². The third kappa shape index (κ3) is 0.976. The van der Waals surface area contributed by atoms with Crippen molar-refractivity contribution in [2.75, 3.05) is 0 Å². The van der Waals surface area contributed by atoms with Crippen molar-refractivity contribution < 1.29 is 0 Å². The van der Waals surface area contributed by atoms with Gasteiger partial charge in [-0.25, -0.2) is 0 Å². The first-order chi connectivity index (χ1) is 3.84. The van der Waals surface area contributed by atoms with E-state index in [1.807, 2.05) is 7.05 Å². The molecule has 0 N–H and O–H groups in total. The van der Waals surface area contributed by atoms with Gasteiger partial charge in [0.25, 0.3) is 0 Å². The summed E-state index contributed by atoms with van der Waals surface area (Å²) in [5.41, 5.74) is 0. The Morgan fingerprint density at radius 2 is 2.62 bits per heavy atom. The van der Waals surface area contributed by atoms with Crippen molar-refractivity contribution >= 4 is 22.5 Å². The van der Waals surface area contributed by atoms with Crippen LogP contribution >= 0.6 is 22.5 Å². The molecule has 1 heterocycles. The van der Waals surface area contributed by atoms with Gasteiger partial charge in [0.15, 0.2) is 0 Å². The molecule has 1 aromatic rings. The van der Waals surface area contributed by atoms with E-state index in [4.69, 9.17) is 0 Å². The Kier molecular flexibility index (Phi) is 1.80. The maximum atomic E-state index is 3.94. The molecule has 0 fully saturated rings. The van der Waals surface area contributed by atoms with E-state index in [2.05, 4.69) is 21.9 Å². The molecule has 8 heavy (non-hydrogen) atoms. The molecule has 0 aliphatic rings. The van der Waals surface area contributed by atoms with E-state index in [0.29, 0.717) is 0 Å². The second kappa shape index (κ2) is 2.41. The van der Waals surface area contributed by atoms with Crippen molar-refractivity contribution in [1.29, 1.82) is 0 Å². The van der Waals surface area contributed by atoms with E-state index in [0.717, 1.165) is 5.16 Å². The van der Waals surface area contributed by atoms with Gasteiger partial charge in [-0.1, -0.05) is 0 Å². The SMILES string of the molecule is Cn1cnnc1SS. The molecular formula is C3H5N3S2. The van der Waals surface area contributed by atoms with Crippen molar-refractivity contribution in [1.82, 2.24) is 14.8 Å². The summed E-state index contributed by atoms with van der Waals surface area (Å²) in [6.07, 6.45) is 1.64. The van der Waals surface area contributed by atoms with Crippen LogP contribution in [0.5, 0.6) is 0 Å². The molecule has 0 saturated carbocycles. The van der Waals surface area contributed by atoms with E-state index in [1.165, 1.54) is 10.8 Å². The fraction of sp³-hybridized carbons (Fsp3) is 0.333. The van der Waals surface area contributed by atoms with E-state index in [1.54, 1.807) is 10.9 Å². The minimum atomic E-state index is 0.813. The maximum absolute atomic E-state index is 3.94. The predicted octanol–water partition coefficient (Wildman–Crippen LogP) is 0.752. The zero-order valence-electron chi connectivity index (χ0n) is 4.27. The predicted molar refractivity (Wildman–Crippen MR) is 35.8 cm³/mol. The lowest BCUT2D eigenvalue weighted by atomic mass is 11.1. The Morgan fingerprint density at radius 1 is 1.88 bits per heavy atom. The molecule has 44 valence electrons. The van der Waals surface area contributed by atoms with Gasteiger partial charge in [-0.15, -0.1) is 21.9 Å². The van der Waals surface area contributed by atoms with Crippen LogP contribution in [0.1, 0.15) is 0 Å². The molecule has 0 spiro atoms. The van der Waals surface area contributed by atoms with Gasteiger partial charge in [-0.05, 0) is 10.8 Å². The number of nitrogens with zero attached hydrogens (tertiary/aromatic N) is 3. The Morgan fingerprint density at radius 3 is 2.88 bits per heavy atom. The first kappa shape index (κ1) is 5.97. The fourth-order valence-corrected chi connectivity index (χ4v) is 1.11. The highest BCUT2D eigenvalue weighted by Gasteiger charge is 1.94. The fourth-order valence-electron chi connectivity index (χ4n) is 0.355. The Hall–Kier alpha value is -0.160. The lowest BCUT2D eigenvalue weighted by Gasteiger charge is -1.88. The van der Waals surface area contributed by atoms with Crippen LogP contribution in [-0.2, 0) is 7.05 Å². The number of aryl methyl sites for hydroxylation is 1. The van der Waals surface area contributed by atoms with Crippen LogP contribution < -0.4 is 0 Å². The summed E-state index contributed by atoms with van der Waals surface area (Å²) in [5, 5.41) is 8.18. The quantitative estimate of drug-likeness (QED) is 0.470. The third-order valence-electron chi connectivity index (χ3n) is 0.752. The zero-order chi connectivity index (χ0) is 5.98. The van der Waals surface area contributed by atoms with Crippen LogP contribution in [0.15, 0.2) is 11.5 Å². The van der Waals surface area contributed by atoms with Gasteiger partial charge in [0, 0.05) is 7.05 Å². The lowest BCUT2D eigenvalue weighted by molar-refractivity contribution is 0.792. The van der Waals surface area contributed by atoms with E-state index in [-0.39, 0.29) is 0 Å². The van der Waals surface area contributed by atoms with Crippen molar-refractivity contribution in [3.8, 4) is 0 Å². The van der Waals surface area contributed by atoms with E-state index >= 15 is 0 Å². The zero-order valence-corrected chi connectivity index (χ0v) is 5.99. The molecule has 1 aromatic heterocycles. The number of hydrogen-bond donors (Lipinski definition) is 1. The molecule has 0 unspecified atom stereocenters. The number of hydrogen-bond acceptors (Lipinski definition) is 4. The molecule has 5 heteroatoms. The van der Waals surface area contributed by atoms with Gasteiger partial charge in [-0.3, -0.25) is 0 Å². The summed E-state index contributed by atoms with van der Waals surface area (Å²) in [4.78, 5) is 0. The molecular weight excluding hydrogens is 142 g/mol. The summed E-state index contributed by atoms with van der Waals surface area (Å²) in [5.74, 6) is 0. The molecule has 1 rings (SSSR count). The van der Waals surface area contributed by atoms with Crippen LogP contribution in [0.4, 0.5) is 0 Å². The van der Waals surface area contributed by atoms with Crippen LogP contribution in [0.25, 0.3) is 0 Å². The average Bonchev–Trinajstić information content (AvgIpc) is 2.14. The highest BCUT2D eigenvalue weighted by Crippen LogP contribution is 2.15. The molecule has 0 aromatic carbocycles. The number of thiol groups is 1. The monoisotopic (exact) mass is 147 g/mol. The average molecular weight is 147 g/mol. The first-order valence-electron chi connectivity index (χ1n) is 2.00. The summed E-state index contributed by atoms with van der Waals surface area (Å²) in [6.45, 7) is 0. The van der Waals surface area contributed by atoms with Gasteiger partial charge in [-0.2, -0.15) is 0 Å².